The average Bonchev–Trinajstić information content (AvgIpc) is 3.11. The molecule has 0 saturated heterocycles. The number of hydrogen-bond donors (Lipinski definition) is 0. The van der Waals surface area contributed by atoms with Gasteiger partial charge in [-0.05, 0) is 25.1 Å². The zero-order chi connectivity index (χ0) is 13.7. The number of rotatable bonds is 2. The monoisotopic (exact) mass is 286 g/mol. The summed E-state index contributed by atoms with van der Waals surface area (Å²) in [6, 6.07) is 5.76. The van der Waals surface area contributed by atoms with Crippen molar-refractivity contribution >= 4 is 22.6 Å². The van der Waals surface area contributed by atoms with Crippen LogP contribution in [0.25, 0.3) is 16.2 Å². The highest BCUT2D eigenvalue weighted by molar-refractivity contribution is 7.15. The minimum atomic E-state index is 0.252. The zero-order valence-corrected chi connectivity index (χ0v) is 11.4. The van der Waals surface area contributed by atoms with Gasteiger partial charge in [-0.2, -0.15) is 0 Å². The molecule has 1 aliphatic heterocycles. The Labute approximate surface area is 118 Å². The highest BCUT2D eigenvalue weighted by Gasteiger charge is 2.18. The maximum absolute atomic E-state index is 11.3. The molecule has 3 heterocycles. The molecule has 0 spiro atoms. The molecule has 0 fully saturated rings. The first-order valence-corrected chi connectivity index (χ1v) is 6.97. The fourth-order valence-electron chi connectivity index (χ4n) is 2.38. The molecular formula is C14H10N2O3S. The molecule has 6 heteroatoms. The first-order valence-electron chi connectivity index (χ1n) is 6.09. The van der Waals surface area contributed by atoms with Gasteiger partial charge in [-0.1, -0.05) is 0 Å². The third-order valence-electron chi connectivity index (χ3n) is 3.36. The molecule has 0 unspecified atom stereocenters. The molecule has 5 nitrogen and oxygen atoms in total. The van der Waals surface area contributed by atoms with Gasteiger partial charge in [-0.15, -0.1) is 11.3 Å². The van der Waals surface area contributed by atoms with Crippen molar-refractivity contribution in [3.05, 3.63) is 35.0 Å². The van der Waals surface area contributed by atoms with E-state index in [2.05, 4.69) is 4.98 Å². The van der Waals surface area contributed by atoms with Crippen LogP contribution in [-0.4, -0.2) is 22.5 Å². The van der Waals surface area contributed by atoms with Crippen LogP contribution < -0.4 is 9.47 Å². The topological polar surface area (TPSA) is 52.8 Å². The number of benzene rings is 1. The molecular weight excluding hydrogens is 276 g/mol. The molecule has 100 valence electrons. The summed E-state index contributed by atoms with van der Waals surface area (Å²) in [4.78, 5) is 16.5. The van der Waals surface area contributed by atoms with E-state index in [4.69, 9.17) is 9.47 Å². The fraction of sp³-hybridized carbons (Fsp3) is 0.143. The van der Waals surface area contributed by atoms with Crippen molar-refractivity contribution in [2.45, 2.75) is 6.92 Å². The standard InChI is InChI=1S/C14H10N2O3S/c1-8-10(5-17)16-11(6-20-14(16)15-8)9-2-3-12-13(4-9)19-7-18-12/h2-6H,7H2,1H3. The molecule has 0 radical (unpaired) electrons. The maximum Gasteiger partial charge on any atom is 0.231 e. The van der Waals surface area contributed by atoms with E-state index < -0.39 is 0 Å². The molecule has 3 aromatic rings. The Morgan fingerprint density at radius 2 is 2.20 bits per heavy atom. The van der Waals surface area contributed by atoms with Gasteiger partial charge in [0, 0.05) is 10.9 Å². The third-order valence-corrected chi connectivity index (χ3v) is 4.19. The van der Waals surface area contributed by atoms with Gasteiger partial charge in [-0.3, -0.25) is 9.20 Å². The lowest BCUT2D eigenvalue weighted by atomic mass is 10.1. The number of carbonyl (C=O) groups is 1. The summed E-state index contributed by atoms with van der Waals surface area (Å²) < 4.78 is 12.6. The number of fused-ring (bicyclic) bond motifs is 2. The van der Waals surface area contributed by atoms with Crippen molar-refractivity contribution in [2.24, 2.45) is 0 Å². The molecule has 2 aromatic heterocycles. The van der Waals surface area contributed by atoms with Crippen molar-refractivity contribution in [1.29, 1.82) is 0 Å². The molecule has 0 saturated carbocycles. The van der Waals surface area contributed by atoms with Crippen LogP contribution in [0.5, 0.6) is 11.5 Å². The highest BCUT2D eigenvalue weighted by atomic mass is 32.1. The lowest BCUT2D eigenvalue weighted by molar-refractivity contribution is 0.111. The van der Waals surface area contributed by atoms with Gasteiger partial charge in [-0.25, -0.2) is 4.98 Å². The Kier molecular flexibility index (Phi) is 2.34. The van der Waals surface area contributed by atoms with E-state index in [1.54, 1.807) is 0 Å². The van der Waals surface area contributed by atoms with Crippen LogP contribution in [0.15, 0.2) is 23.6 Å². The highest BCUT2D eigenvalue weighted by Crippen LogP contribution is 2.37. The summed E-state index contributed by atoms with van der Waals surface area (Å²) in [5.41, 5.74) is 3.25. The van der Waals surface area contributed by atoms with Crippen molar-refractivity contribution < 1.29 is 14.3 Å². The Hall–Kier alpha value is -2.34. The van der Waals surface area contributed by atoms with Crippen molar-refractivity contribution in [3.8, 4) is 22.8 Å². The minimum Gasteiger partial charge on any atom is -0.454 e. The Morgan fingerprint density at radius 3 is 3.05 bits per heavy atom. The van der Waals surface area contributed by atoms with E-state index >= 15 is 0 Å². The minimum absolute atomic E-state index is 0.252. The number of imidazole rings is 1. The Morgan fingerprint density at radius 1 is 1.35 bits per heavy atom. The summed E-state index contributed by atoms with van der Waals surface area (Å²) >= 11 is 1.51. The second-order valence-electron chi connectivity index (χ2n) is 4.51. The Bertz CT molecular complexity index is 834. The van der Waals surface area contributed by atoms with Crippen LogP contribution in [0, 0.1) is 6.92 Å². The summed E-state index contributed by atoms with van der Waals surface area (Å²) in [6.45, 7) is 2.09. The van der Waals surface area contributed by atoms with Crippen LogP contribution in [-0.2, 0) is 0 Å². The number of carbonyl (C=O) groups excluding carboxylic acids is 1. The number of nitrogens with zero attached hydrogens (tertiary/aromatic N) is 2. The van der Waals surface area contributed by atoms with Crippen LogP contribution in [0.3, 0.4) is 0 Å². The maximum atomic E-state index is 11.3. The summed E-state index contributed by atoms with van der Waals surface area (Å²) in [7, 11) is 0. The third kappa shape index (κ3) is 1.48. The van der Waals surface area contributed by atoms with Gasteiger partial charge in [0.15, 0.2) is 22.7 Å². The lowest BCUT2D eigenvalue weighted by Gasteiger charge is -2.03. The normalized spacial score (nSPS) is 13.1. The van der Waals surface area contributed by atoms with E-state index in [9.17, 15) is 4.79 Å². The fourth-order valence-corrected chi connectivity index (χ4v) is 3.33. The number of thiazole rings is 1. The van der Waals surface area contributed by atoms with Crippen LogP contribution in [0.4, 0.5) is 0 Å². The lowest BCUT2D eigenvalue weighted by Crippen LogP contribution is -1.94. The molecule has 4 rings (SSSR count). The molecule has 20 heavy (non-hydrogen) atoms. The number of aryl methyl sites for hydroxylation is 1. The molecule has 0 bridgehead atoms. The molecule has 0 N–H and O–H groups in total. The molecule has 1 aliphatic rings. The predicted molar refractivity (Wildman–Crippen MR) is 74.8 cm³/mol. The van der Waals surface area contributed by atoms with Crippen molar-refractivity contribution in [1.82, 2.24) is 9.38 Å². The molecule has 0 amide bonds. The van der Waals surface area contributed by atoms with Gasteiger partial charge in [0.2, 0.25) is 6.79 Å². The smallest absolute Gasteiger partial charge is 0.231 e. The first-order chi connectivity index (χ1) is 9.78. The van der Waals surface area contributed by atoms with Crippen molar-refractivity contribution in [2.75, 3.05) is 6.79 Å². The van der Waals surface area contributed by atoms with Crippen molar-refractivity contribution in [3.63, 3.8) is 0 Å². The predicted octanol–water partition coefficient (Wildman–Crippen LogP) is 2.91. The quantitative estimate of drug-likeness (QED) is 0.680. The average molecular weight is 286 g/mol. The first kappa shape index (κ1) is 11.5. The largest absolute Gasteiger partial charge is 0.454 e. The van der Waals surface area contributed by atoms with Gasteiger partial charge in [0.25, 0.3) is 0 Å². The van der Waals surface area contributed by atoms with Gasteiger partial charge in [0.1, 0.15) is 5.69 Å². The van der Waals surface area contributed by atoms with E-state index in [1.165, 1.54) is 11.3 Å². The van der Waals surface area contributed by atoms with Crippen LogP contribution in [0.1, 0.15) is 16.2 Å². The van der Waals surface area contributed by atoms with E-state index in [-0.39, 0.29) is 6.79 Å². The van der Waals surface area contributed by atoms with Gasteiger partial charge >= 0.3 is 0 Å². The van der Waals surface area contributed by atoms with E-state index in [0.29, 0.717) is 5.69 Å². The van der Waals surface area contributed by atoms with Crippen LogP contribution in [0.2, 0.25) is 0 Å². The van der Waals surface area contributed by atoms with Crippen LogP contribution >= 0.6 is 11.3 Å². The van der Waals surface area contributed by atoms with Gasteiger partial charge < -0.3 is 9.47 Å². The number of aromatic nitrogens is 2. The number of ether oxygens (including phenoxy) is 2. The Balaban J connectivity index is 1.96. The number of aldehydes is 1. The van der Waals surface area contributed by atoms with Gasteiger partial charge in [0.05, 0.1) is 11.4 Å². The number of hydrogen-bond acceptors (Lipinski definition) is 5. The molecule has 0 atom stereocenters. The SMILES string of the molecule is Cc1nc2scc(-c3ccc4c(c3)OCO4)n2c1C=O. The second kappa shape index (κ2) is 4.08. The molecule has 1 aromatic carbocycles. The van der Waals surface area contributed by atoms with E-state index in [0.717, 1.165) is 39.7 Å². The summed E-state index contributed by atoms with van der Waals surface area (Å²) in [5, 5.41) is 1.99. The zero-order valence-electron chi connectivity index (χ0n) is 10.6. The summed E-state index contributed by atoms with van der Waals surface area (Å²) in [6.07, 6.45) is 0.846. The summed E-state index contributed by atoms with van der Waals surface area (Å²) in [5.74, 6) is 1.48. The van der Waals surface area contributed by atoms with E-state index in [1.807, 2.05) is 34.9 Å². The second-order valence-corrected chi connectivity index (χ2v) is 5.34. The molecule has 0 aliphatic carbocycles.